The van der Waals surface area contributed by atoms with E-state index < -0.39 is 5.97 Å². The van der Waals surface area contributed by atoms with Crippen molar-refractivity contribution >= 4 is 11.9 Å². The number of carboxylic acid groups (broad SMARTS) is 1. The number of carbonyl (C=O) groups excluding carboxylic acids is 1. The number of rotatable bonds is 8. The second kappa shape index (κ2) is 9.52. The molecule has 154 valence electrons. The fourth-order valence-corrected chi connectivity index (χ4v) is 4.19. The molecule has 3 N–H and O–H groups in total. The molecule has 0 bridgehead atoms. The average molecular weight is 389 g/mol. The molecule has 0 heterocycles. The van der Waals surface area contributed by atoms with E-state index in [2.05, 4.69) is 0 Å². The van der Waals surface area contributed by atoms with Gasteiger partial charge in [-0.25, -0.2) is 4.79 Å². The van der Waals surface area contributed by atoms with Gasteiger partial charge in [0.25, 0.3) is 0 Å². The van der Waals surface area contributed by atoms with Gasteiger partial charge in [-0.15, -0.1) is 0 Å². The molecule has 0 aromatic heterocycles. The smallest absolute Gasteiger partial charge is 0.335 e. The Labute approximate surface area is 167 Å². The molecular formula is C22H32N2O4. The molecule has 1 amide bonds. The molecule has 1 atom stereocenters. The summed E-state index contributed by atoms with van der Waals surface area (Å²) in [6, 6.07) is 6.82. The Morgan fingerprint density at radius 1 is 1.14 bits per heavy atom. The largest absolute Gasteiger partial charge is 0.478 e. The van der Waals surface area contributed by atoms with Gasteiger partial charge < -0.3 is 20.5 Å². The Morgan fingerprint density at radius 2 is 1.79 bits per heavy atom. The quantitative estimate of drug-likeness (QED) is 0.714. The monoisotopic (exact) mass is 388 g/mol. The lowest BCUT2D eigenvalue weighted by atomic mass is 9.78. The first-order valence-corrected chi connectivity index (χ1v) is 10.4. The second-order valence-electron chi connectivity index (χ2n) is 8.36. The molecule has 0 unspecified atom stereocenters. The molecular weight excluding hydrogens is 356 g/mol. The maximum absolute atomic E-state index is 12.6. The molecule has 0 aliphatic heterocycles. The fourth-order valence-electron chi connectivity index (χ4n) is 4.19. The van der Waals surface area contributed by atoms with Crippen molar-refractivity contribution in [3.63, 3.8) is 0 Å². The number of likely N-dealkylation sites (N-methyl/N-ethyl adjacent to an activating group) is 1. The number of benzene rings is 1. The van der Waals surface area contributed by atoms with Gasteiger partial charge in [-0.2, -0.15) is 0 Å². The maximum atomic E-state index is 12.6. The SMILES string of the molecule is CN(C(=O)[C@@H](N)C1CCC(COCc2ccc(C(=O)O)cc2)CC1)C1CCC1. The molecule has 1 aromatic rings. The van der Waals surface area contributed by atoms with E-state index in [0.29, 0.717) is 25.2 Å². The Balaban J connectivity index is 1.36. The van der Waals surface area contributed by atoms with Crippen molar-refractivity contribution in [1.82, 2.24) is 4.90 Å². The molecule has 6 heteroatoms. The molecule has 2 fully saturated rings. The van der Waals surface area contributed by atoms with Gasteiger partial charge >= 0.3 is 5.97 Å². The number of nitrogens with zero attached hydrogens (tertiary/aromatic N) is 1. The van der Waals surface area contributed by atoms with E-state index in [1.54, 1.807) is 24.3 Å². The van der Waals surface area contributed by atoms with Crippen molar-refractivity contribution in [2.45, 2.75) is 63.6 Å². The van der Waals surface area contributed by atoms with Crippen LogP contribution in [0.1, 0.15) is 60.9 Å². The lowest BCUT2D eigenvalue weighted by molar-refractivity contribution is -0.136. The number of carbonyl (C=O) groups is 2. The Hall–Kier alpha value is -1.92. The van der Waals surface area contributed by atoms with Gasteiger partial charge in [0.05, 0.1) is 18.2 Å². The average Bonchev–Trinajstić information content (AvgIpc) is 2.66. The summed E-state index contributed by atoms with van der Waals surface area (Å²) in [6.45, 7) is 1.18. The van der Waals surface area contributed by atoms with Crippen LogP contribution in [0, 0.1) is 11.8 Å². The van der Waals surface area contributed by atoms with E-state index in [4.69, 9.17) is 15.6 Å². The van der Waals surface area contributed by atoms with E-state index in [1.165, 1.54) is 6.42 Å². The summed E-state index contributed by atoms with van der Waals surface area (Å²) >= 11 is 0. The summed E-state index contributed by atoms with van der Waals surface area (Å²) in [6.07, 6.45) is 7.47. The van der Waals surface area contributed by atoms with Crippen LogP contribution < -0.4 is 5.73 Å². The summed E-state index contributed by atoms with van der Waals surface area (Å²) in [5.74, 6) is -0.0370. The van der Waals surface area contributed by atoms with Crippen molar-refractivity contribution in [1.29, 1.82) is 0 Å². The van der Waals surface area contributed by atoms with Crippen molar-refractivity contribution < 1.29 is 19.4 Å². The number of hydrogen-bond donors (Lipinski definition) is 2. The summed E-state index contributed by atoms with van der Waals surface area (Å²) in [5, 5.41) is 8.93. The number of aromatic carboxylic acids is 1. The van der Waals surface area contributed by atoms with Crippen LogP contribution >= 0.6 is 0 Å². The van der Waals surface area contributed by atoms with Gasteiger partial charge in [-0.1, -0.05) is 12.1 Å². The topological polar surface area (TPSA) is 92.9 Å². The standard InChI is InChI=1S/C22H32N2O4/c1-24(19-3-2-4-19)21(25)20(23)17-9-5-15(6-10-17)13-28-14-16-7-11-18(12-8-16)22(26)27/h7-8,11-12,15,17,19-20H,2-6,9-10,13-14,23H2,1H3,(H,26,27)/t15?,17?,20-/m0/s1. The third kappa shape index (κ3) is 5.11. The molecule has 0 saturated heterocycles. The van der Waals surface area contributed by atoms with Gasteiger partial charge in [0.2, 0.25) is 5.91 Å². The first kappa shape index (κ1) is 20.8. The zero-order chi connectivity index (χ0) is 20.1. The minimum Gasteiger partial charge on any atom is -0.478 e. The van der Waals surface area contributed by atoms with Gasteiger partial charge in [0.15, 0.2) is 0 Å². The predicted molar refractivity (Wildman–Crippen MR) is 107 cm³/mol. The number of amides is 1. The summed E-state index contributed by atoms with van der Waals surface area (Å²) in [5.41, 5.74) is 7.57. The van der Waals surface area contributed by atoms with Crippen molar-refractivity contribution in [2.75, 3.05) is 13.7 Å². The van der Waals surface area contributed by atoms with Crippen LogP contribution in [0.25, 0.3) is 0 Å². The highest BCUT2D eigenvalue weighted by molar-refractivity contribution is 5.87. The highest BCUT2D eigenvalue weighted by atomic mass is 16.5. The van der Waals surface area contributed by atoms with Crippen LogP contribution in [-0.4, -0.2) is 47.6 Å². The molecule has 3 rings (SSSR count). The fraction of sp³-hybridized carbons (Fsp3) is 0.636. The summed E-state index contributed by atoms with van der Waals surface area (Å²) < 4.78 is 5.84. The normalized spacial score (nSPS) is 23.6. The summed E-state index contributed by atoms with van der Waals surface area (Å²) in [7, 11) is 1.90. The number of ether oxygens (including phenoxy) is 1. The zero-order valence-electron chi connectivity index (χ0n) is 16.7. The van der Waals surface area contributed by atoms with E-state index in [9.17, 15) is 9.59 Å². The van der Waals surface area contributed by atoms with Crippen LogP contribution in [0.2, 0.25) is 0 Å². The third-order valence-corrected chi connectivity index (χ3v) is 6.48. The van der Waals surface area contributed by atoms with Crippen molar-refractivity contribution in [3.05, 3.63) is 35.4 Å². The minimum absolute atomic E-state index is 0.106. The van der Waals surface area contributed by atoms with Crippen LogP contribution in [0.15, 0.2) is 24.3 Å². The summed E-state index contributed by atoms with van der Waals surface area (Å²) in [4.78, 5) is 25.3. The van der Waals surface area contributed by atoms with E-state index in [-0.39, 0.29) is 23.4 Å². The Kier molecular flexibility index (Phi) is 7.08. The van der Waals surface area contributed by atoms with Crippen molar-refractivity contribution in [2.24, 2.45) is 17.6 Å². The van der Waals surface area contributed by atoms with Crippen LogP contribution in [0.5, 0.6) is 0 Å². The Bertz CT molecular complexity index is 664. The van der Waals surface area contributed by atoms with Crippen LogP contribution in [-0.2, 0) is 16.1 Å². The predicted octanol–water partition coefficient (Wildman–Crippen LogP) is 3.05. The van der Waals surface area contributed by atoms with Gasteiger partial charge in [0.1, 0.15) is 0 Å². The number of hydrogen-bond acceptors (Lipinski definition) is 4. The Morgan fingerprint density at radius 3 is 2.32 bits per heavy atom. The second-order valence-corrected chi connectivity index (χ2v) is 8.36. The minimum atomic E-state index is -0.917. The molecule has 28 heavy (non-hydrogen) atoms. The molecule has 2 saturated carbocycles. The molecule has 0 spiro atoms. The molecule has 1 aromatic carbocycles. The van der Waals surface area contributed by atoms with Gasteiger partial charge in [0, 0.05) is 19.7 Å². The molecule has 6 nitrogen and oxygen atoms in total. The lowest BCUT2D eigenvalue weighted by Gasteiger charge is -2.38. The van der Waals surface area contributed by atoms with Gasteiger partial charge in [-0.3, -0.25) is 4.79 Å². The first-order chi connectivity index (χ1) is 13.5. The van der Waals surface area contributed by atoms with Crippen LogP contribution in [0.4, 0.5) is 0 Å². The maximum Gasteiger partial charge on any atom is 0.335 e. The van der Waals surface area contributed by atoms with E-state index in [1.807, 2.05) is 11.9 Å². The van der Waals surface area contributed by atoms with Gasteiger partial charge in [-0.05, 0) is 74.5 Å². The van der Waals surface area contributed by atoms with E-state index in [0.717, 1.165) is 44.1 Å². The van der Waals surface area contributed by atoms with E-state index >= 15 is 0 Å². The van der Waals surface area contributed by atoms with Crippen LogP contribution in [0.3, 0.4) is 0 Å². The highest BCUT2D eigenvalue weighted by Crippen LogP contribution is 2.32. The number of carboxylic acids is 1. The highest BCUT2D eigenvalue weighted by Gasteiger charge is 2.34. The molecule has 0 radical (unpaired) electrons. The first-order valence-electron chi connectivity index (χ1n) is 10.4. The third-order valence-electron chi connectivity index (χ3n) is 6.48. The zero-order valence-corrected chi connectivity index (χ0v) is 16.7. The molecule has 2 aliphatic rings. The number of nitrogens with two attached hydrogens (primary N) is 1. The lowest BCUT2D eigenvalue weighted by Crippen LogP contribution is -2.52. The molecule has 2 aliphatic carbocycles. The van der Waals surface area contributed by atoms with Crippen molar-refractivity contribution in [3.8, 4) is 0 Å².